The SMILES string of the molecule is Nc1nc(Cl)nc(Sc2ncnc3nc[nH]c23)n1. The Labute approximate surface area is 109 Å². The maximum Gasteiger partial charge on any atom is 0.228 e. The summed E-state index contributed by atoms with van der Waals surface area (Å²) in [4.78, 5) is 26.7. The third kappa shape index (κ3) is 2.05. The van der Waals surface area contributed by atoms with Crippen LogP contribution in [0.2, 0.25) is 5.28 Å². The van der Waals surface area contributed by atoms with Crippen molar-refractivity contribution in [3.05, 3.63) is 17.9 Å². The van der Waals surface area contributed by atoms with Gasteiger partial charge in [0.15, 0.2) is 10.8 Å². The Morgan fingerprint density at radius 3 is 2.89 bits per heavy atom. The second-order valence-corrected chi connectivity index (χ2v) is 4.42. The highest BCUT2D eigenvalue weighted by Crippen LogP contribution is 2.27. The van der Waals surface area contributed by atoms with Crippen molar-refractivity contribution in [1.29, 1.82) is 0 Å². The highest BCUT2D eigenvalue weighted by Gasteiger charge is 2.11. The second-order valence-electron chi connectivity index (χ2n) is 3.13. The summed E-state index contributed by atoms with van der Waals surface area (Å²) in [6.45, 7) is 0. The number of nitrogens with one attached hydrogen (secondary N) is 1. The van der Waals surface area contributed by atoms with Gasteiger partial charge in [-0.3, -0.25) is 0 Å². The molecule has 0 aromatic carbocycles. The van der Waals surface area contributed by atoms with Crippen molar-refractivity contribution >= 4 is 40.5 Å². The molecule has 0 fully saturated rings. The van der Waals surface area contributed by atoms with Crippen LogP contribution in [0.15, 0.2) is 22.8 Å². The van der Waals surface area contributed by atoms with E-state index in [4.69, 9.17) is 17.3 Å². The van der Waals surface area contributed by atoms with Crippen LogP contribution < -0.4 is 5.73 Å². The van der Waals surface area contributed by atoms with Gasteiger partial charge in [-0.2, -0.15) is 15.0 Å². The summed E-state index contributed by atoms with van der Waals surface area (Å²) < 4.78 is 0. The summed E-state index contributed by atoms with van der Waals surface area (Å²) in [6, 6.07) is 0. The Balaban J connectivity index is 2.03. The van der Waals surface area contributed by atoms with E-state index in [1.807, 2.05) is 0 Å². The first-order valence-electron chi connectivity index (χ1n) is 4.71. The summed E-state index contributed by atoms with van der Waals surface area (Å²) in [7, 11) is 0. The van der Waals surface area contributed by atoms with Gasteiger partial charge in [-0.1, -0.05) is 0 Å². The average molecular weight is 281 g/mol. The third-order valence-corrected chi connectivity index (χ3v) is 3.02. The fourth-order valence-electron chi connectivity index (χ4n) is 1.30. The lowest BCUT2D eigenvalue weighted by molar-refractivity contribution is 0.913. The first kappa shape index (κ1) is 11.1. The normalized spacial score (nSPS) is 10.9. The van der Waals surface area contributed by atoms with E-state index in [1.54, 1.807) is 0 Å². The molecule has 0 aliphatic rings. The first-order valence-corrected chi connectivity index (χ1v) is 5.91. The van der Waals surface area contributed by atoms with Gasteiger partial charge in [0.05, 0.1) is 6.33 Å². The smallest absolute Gasteiger partial charge is 0.228 e. The van der Waals surface area contributed by atoms with Crippen LogP contribution >= 0.6 is 23.4 Å². The minimum atomic E-state index is 0.0416. The number of aromatic nitrogens is 7. The highest BCUT2D eigenvalue weighted by atomic mass is 35.5. The fourth-order valence-corrected chi connectivity index (χ4v) is 2.31. The predicted octanol–water partition coefficient (Wildman–Crippen LogP) is 0.925. The molecule has 0 spiro atoms. The molecule has 0 unspecified atom stereocenters. The van der Waals surface area contributed by atoms with Gasteiger partial charge in [-0.25, -0.2) is 15.0 Å². The van der Waals surface area contributed by atoms with Crippen LogP contribution in [0.4, 0.5) is 5.95 Å². The summed E-state index contributed by atoms with van der Waals surface area (Å²) >= 11 is 6.91. The number of hydrogen-bond acceptors (Lipinski definition) is 8. The quantitative estimate of drug-likeness (QED) is 0.665. The van der Waals surface area contributed by atoms with Crippen LogP contribution in [0.1, 0.15) is 0 Å². The van der Waals surface area contributed by atoms with E-state index in [9.17, 15) is 0 Å². The van der Waals surface area contributed by atoms with Crippen molar-refractivity contribution in [3.8, 4) is 0 Å². The minimum absolute atomic E-state index is 0.0416. The monoisotopic (exact) mass is 280 g/mol. The Morgan fingerprint density at radius 2 is 2.06 bits per heavy atom. The maximum absolute atomic E-state index is 5.71. The summed E-state index contributed by atoms with van der Waals surface area (Å²) in [5.74, 6) is 0.0624. The minimum Gasteiger partial charge on any atom is -0.368 e. The van der Waals surface area contributed by atoms with Crippen molar-refractivity contribution in [2.24, 2.45) is 0 Å². The lowest BCUT2D eigenvalue weighted by Gasteiger charge is -2.00. The van der Waals surface area contributed by atoms with E-state index in [2.05, 4.69) is 34.9 Å². The van der Waals surface area contributed by atoms with Gasteiger partial charge >= 0.3 is 0 Å². The summed E-state index contributed by atoms with van der Waals surface area (Å²) in [5, 5.41) is 1.04. The van der Waals surface area contributed by atoms with Crippen molar-refractivity contribution in [2.75, 3.05) is 5.73 Å². The molecule has 3 aromatic heterocycles. The van der Waals surface area contributed by atoms with Crippen molar-refractivity contribution in [3.63, 3.8) is 0 Å². The van der Waals surface area contributed by atoms with Crippen molar-refractivity contribution in [2.45, 2.75) is 10.2 Å². The van der Waals surface area contributed by atoms with Crippen molar-refractivity contribution < 1.29 is 0 Å². The lowest BCUT2D eigenvalue weighted by atomic mass is 10.6. The van der Waals surface area contributed by atoms with Gasteiger partial charge in [0.2, 0.25) is 11.2 Å². The molecule has 0 aliphatic heterocycles. The number of halogens is 1. The number of anilines is 1. The van der Waals surface area contributed by atoms with Crippen LogP contribution in [0, 0.1) is 0 Å². The Bertz CT molecular complexity index is 693. The number of nitrogens with zero attached hydrogens (tertiary/aromatic N) is 6. The number of aromatic amines is 1. The molecule has 0 saturated heterocycles. The van der Waals surface area contributed by atoms with Crippen LogP contribution in [0.3, 0.4) is 0 Å². The van der Waals surface area contributed by atoms with E-state index < -0.39 is 0 Å². The fraction of sp³-hybridized carbons (Fsp3) is 0. The first-order chi connectivity index (χ1) is 8.72. The summed E-state index contributed by atoms with van der Waals surface area (Å²) in [6.07, 6.45) is 2.95. The molecular weight excluding hydrogens is 276 g/mol. The number of fused-ring (bicyclic) bond motifs is 1. The maximum atomic E-state index is 5.71. The molecule has 3 heterocycles. The molecule has 0 atom stereocenters. The van der Waals surface area contributed by atoms with Gasteiger partial charge in [0, 0.05) is 0 Å². The zero-order valence-corrected chi connectivity index (χ0v) is 10.3. The van der Waals surface area contributed by atoms with E-state index in [1.165, 1.54) is 24.4 Å². The van der Waals surface area contributed by atoms with Crippen LogP contribution in [-0.2, 0) is 0 Å². The molecule has 0 radical (unpaired) electrons. The van der Waals surface area contributed by atoms with Crippen LogP contribution in [0.25, 0.3) is 11.2 Å². The van der Waals surface area contributed by atoms with E-state index in [0.29, 0.717) is 21.3 Å². The molecule has 0 aliphatic carbocycles. The van der Waals surface area contributed by atoms with Crippen LogP contribution in [0.5, 0.6) is 0 Å². The van der Waals surface area contributed by atoms with Gasteiger partial charge in [0.1, 0.15) is 16.9 Å². The third-order valence-electron chi connectivity index (χ3n) is 1.98. The standard InChI is InChI=1S/C8H5ClN8S/c9-6-15-7(10)17-8(16-6)18-5-3-4(12-1-11-3)13-2-14-5/h1-2H,(H2,10,15,16,17)(H,11,12,13,14). The summed E-state index contributed by atoms with van der Waals surface area (Å²) in [5.41, 5.74) is 6.77. The van der Waals surface area contributed by atoms with Crippen LogP contribution in [-0.4, -0.2) is 34.9 Å². The highest BCUT2D eigenvalue weighted by molar-refractivity contribution is 7.99. The lowest BCUT2D eigenvalue weighted by Crippen LogP contribution is -1.99. The topological polar surface area (TPSA) is 119 Å². The zero-order valence-electron chi connectivity index (χ0n) is 8.70. The van der Waals surface area contributed by atoms with Gasteiger partial charge < -0.3 is 10.7 Å². The second kappa shape index (κ2) is 4.35. The van der Waals surface area contributed by atoms with Gasteiger partial charge in [-0.05, 0) is 23.4 Å². The van der Waals surface area contributed by atoms with E-state index in [-0.39, 0.29) is 11.2 Å². The molecule has 0 bridgehead atoms. The van der Waals surface area contributed by atoms with E-state index >= 15 is 0 Å². The molecule has 8 nitrogen and oxygen atoms in total. The molecular formula is C8H5ClN8S. The predicted molar refractivity (Wildman–Crippen MR) is 65.1 cm³/mol. The molecule has 3 aromatic rings. The van der Waals surface area contributed by atoms with Gasteiger partial charge in [0.25, 0.3) is 0 Å². The number of nitrogens with two attached hydrogens (primary N) is 1. The number of imidazole rings is 1. The Kier molecular flexibility index (Phi) is 2.68. The molecule has 10 heteroatoms. The largest absolute Gasteiger partial charge is 0.368 e. The number of H-pyrrole nitrogens is 1. The molecule has 3 rings (SSSR count). The molecule has 90 valence electrons. The molecule has 0 saturated carbocycles. The Hall–Kier alpha value is -2.00. The van der Waals surface area contributed by atoms with Crippen molar-refractivity contribution in [1.82, 2.24) is 34.9 Å². The zero-order chi connectivity index (χ0) is 12.5. The molecule has 3 N–H and O–H groups in total. The number of hydrogen-bond donors (Lipinski definition) is 2. The van der Waals surface area contributed by atoms with Gasteiger partial charge in [-0.15, -0.1) is 0 Å². The molecule has 18 heavy (non-hydrogen) atoms. The number of nitrogen functional groups attached to an aromatic ring is 1. The molecule has 0 amide bonds. The Morgan fingerprint density at radius 1 is 1.17 bits per heavy atom. The van der Waals surface area contributed by atoms with E-state index in [0.717, 1.165) is 0 Å². The average Bonchev–Trinajstić information content (AvgIpc) is 2.76. The number of rotatable bonds is 2.